The van der Waals surface area contributed by atoms with Crippen LogP contribution in [-0.2, 0) is 17.6 Å². The summed E-state index contributed by atoms with van der Waals surface area (Å²) in [6.45, 7) is 0.667. The third kappa shape index (κ3) is 6.58. The normalized spacial score (nSPS) is 13.0. The van der Waals surface area contributed by atoms with Crippen LogP contribution in [0.15, 0.2) is 48.7 Å². The van der Waals surface area contributed by atoms with E-state index in [0.29, 0.717) is 5.56 Å². The van der Waals surface area contributed by atoms with E-state index in [0.717, 1.165) is 36.9 Å². The second kappa shape index (κ2) is 10.5. The average molecular weight is 370 g/mol. The SMILES string of the molecule is C[C@@H](O)[C@H](NC(=O)c1ccc(CCCCc2ccccn2)cc1)C(=O)CO. The molecule has 1 aromatic carbocycles. The van der Waals surface area contributed by atoms with Crippen molar-refractivity contribution in [3.63, 3.8) is 0 Å². The van der Waals surface area contributed by atoms with Crippen LogP contribution in [0.25, 0.3) is 0 Å². The lowest BCUT2D eigenvalue weighted by molar-refractivity contribution is -0.125. The Morgan fingerprint density at radius 2 is 1.78 bits per heavy atom. The van der Waals surface area contributed by atoms with Gasteiger partial charge >= 0.3 is 0 Å². The number of amides is 1. The summed E-state index contributed by atoms with van der Waals surface area (Å²) in [7, 11) is 0. The zero-order valence-corrected chi connectivity index (χ0v) is 15.5. The number of ketones is 1. The topological polar surface area (TPSA) is 99.5 Å². The zero-order chi connectivity index (χ0) is 19.6. The van der Waals surface area contributed by atoms with E-state index in [1.807, 2.05) is 30.3 Å². The molecule has 1 amide bonds. The second-order valence-electron chi connectivity index (χ2n) is 6.54. The molecule has 0 radical (unpaired) electrons. The molecule has 2 aromatic rings. The van der Waals surface area contributed by atoms with Gasteiger partial charge in [-0.25, -0.2) is 0 Å². The van der Waals surface area contributed by atoms with E-state index in [1.54, 1.807) is 18.3 Å². The Kier molecular flexibility index (Phi) is 8.10. The maximum Gasteiger partial charge on any atom is 0.251 e. The zero-order valence-electron chi connectivity index (χ0n) is 15.5. The number of nitrogens with zero attached hydrogens (tertiary/aromatic N) is 1. The number of Topliss-reactive ketones (excluding diaryl/α,β-unsaturated/α-hetero) is 1. The molecule has 2 rings (SSSR count). The average Bonchev–Trinajstić information content (AvgIpc) is 2.69. The molecule has 0 saturated carbocycles. The third-order valence-electron chi connectivity index (χ3n) is 4.36. The minimum atomic E-state index is -1.12. The summed E-state index contributed by atoms with van der Waals surface area (Å²) in [6, 6.07) is 12.0. The molecule has 3 N–H and O–H groups in total. The fraction of sp³-hybridized carbons (Fsp3) is 0.381. The summed E-state index contributed by atoms with van der Waals surface area (Å²) in [5.41, 5.74) is 2.63. The first kappa shape index (κ1) is 20.7. The molecule has 1 heterocycles. The van der Waals surface area contributed by atoms with Gasteiger partial charge in [-0.05, 0) is 62.4 Å². The number of hydrogen-bond acceptors (Lipinski definition) is 5. The highest BCUT2D eigenvalue weighted by molar-refractivity contribution is 5.98. The standard InChI is InChI=1S/C21H26N2O4/c1-15(25)20(19(26)14-24)23-21(27)17-11-9-16(10-12-17)6-2-3-7-18-8-4-5-13-22-18/h4-5,8-13,15,20,24-25H,2-3,6-7,14H2,1H3,(H,23,27)/t15-,20+/m1/s1. The van der Waals surface area contributed by atoms with Gasteiger partial charge in [0, 0.05) is 17.5 Å². The van der Waals surface area contributed by atoms with Crippen LogP contribution >= 0.6 is 0 Å². The van der Waals surface area contributed by atoms with Crippen molar-refractivity contribution in [1.29, 1.82) is 0 Å². The van der Waals surface area contributed by atoms with Crippen molar-refractivity contribution >= 4 is 11.7 Å². The van der Waals surface area contributed by atoms with Crippen LogP contribution in [0.2, 0.25) is 0 Å². The molecule has 0 aliphatic heterocycles. The molecule has 6 heteroatoms. The number of nitrogens with one attached hydrogen (secondary N) is 1. The van der Waals surface area contributed by atoms with Crippen LogP contribution in [0.1, 0.15) is 41.4 Å². The van der Waals surface area contributed by atoms with Gasteiger partial charge in [0.15, 0.2) is 5.78 Å². The van der Waals surface area contributed by atoms with E-state index in [4.69, 9.17) is 5.11 Å². The van der Waals surface area contributed by atoms with Crippen molar-refractivity contribution < 1.29 is 19.8 Å². The monoisotopic (exact) mass is 370 g/mol. The molecular formula is C21H26N2O4. The largest absolute Gasteiger partial charge is 0.391 e. The first-order chi connectivity index (χ1) is 13.0. The van der Waals surface area contributed by atoms with Crippen molar-refractivity contribution in [2.75, 3.05) is 6.61 Å². The Bertz CT molecular complexity index is 730. The van der Waals surface area contributed by atoms with Gasteiger partial charge in [0.1, 0.15) is 12.6 Å². The molecular weight excluding hydrogens is 344 g/mol. The van der Waals surface area contributed by atoms with E-state index in [-0.39, 0.29) is 0 Å². The number of carbonyl (C=O) groups is 2. The van der Waals surface area contributed by atoms with Crippen LogP contribution in [0.5, 0.6) is 0 Å². The molecule has 1 aromatic heterocycles. The van der Waals surface area contributed by atoms with Gasteiger partial charge in [0.2, 0.25) is 0 Å². The fourth-order valence-electron chi connectivity index (χ4n) is 2.80. The van der Waals surface area contributed by atoms with Crippen LogP contribution in [0.4, 0.5) is 0 Å². The summed E-state index contributed by atoms with van der Waals surface area (Å²) >= 11 is 0. The minimum absolute atomic E-state index is 0.406. The first-order valence-electron chi connectivity index (χ1n) is 9.12. The van der Waals surface area contributed by atoms with Crippen LogP contribution < -0.4 is 5.32 Å². The Morgan fingerprint density at radius 1 is 1.07 bits per heavy atom. The highest BCUT2D eigenvalue weighted by Gasteiger charge is 2.25. The Hall–Kier alpha value is -2.57. The number of unbranched alkanes of at least 4 members (excludes halogenated alkanes) is 1. The fourth-order valence-corrected chi connectivity index (χ4v) is 2.80. The van der Waals surface area contributed by atoms with Crippen molar-refractivity contribution in [1.82, 2.24) is 10.3 Å². The molecule has 2 atom stereocenters. The quantitative estimate of drug-likeness (QED) is 0.553. The van der Waals surface area contributed by atoms with Crippen molar-refractivity contribution in [3.05, 3.63) is 65.5 Å². The van der Waals surface area contributed by atoms with Crippen LogP contribution in [0.3, 0.4) is 0 Å². The molecule has 6 nitrogen and oxygen atoms in total. The van der Waals surface area contributed by atoms with Gasteiger partial charge in [-0.1, -0.05) is 18.2 Å². The predicted octanol–water partition coefficient (Wildman–Crippen LogP) is 1.69. The maximum absolute atomic E-state index is 12.2. The third-order valence-corrected chi connectivity index (χ3v) is 4.36. The summed E-state index contributed by atoms with van der Waals surface area (Å²) in [4.78, 5) is 28.1. The Morgan fingerprint density at radius 3 is 2.37 bits per heavy atom. The number of carbonyl (C=O) groups excluding carboxylic acids is 2. The number of rotatable bonds is 10. The molecule has 0 saturated heterocycles. The molecule has 0 spiro atoms. The predicted molar refractivity (Wildman–Crippen MR) is 102 cm³/mol. The Labute approximate surface area is 159 Å². The summed E-state index contributed by atoms with van der Waals surface area (Å²) in [5.74, 6) is -1.08. The smallest absolute Gasteiger partial charge is 0.251 e. The molecule has 0 unspecified atom stereocenters. The number of pyridine rings is 1. The number of hydrogen-bond donors (Lipinski definition) is 3. The minimum Gasteiger partial charge on any atom is -0.391 e. The molecule has 144 valence electrons. The molecule has 27 heavy (non-hydrogen) atoms. The van der Waals surface area contributed by atoms with Crippen LogP contribution in [-0.4, -0.2) is 45.6 Å². The summed E-state index contributed by atoms with van der Waals surface area (Å²) in [6.07, 6.45) is 4.65. The summed E-state index contributed by atoms with van der Waals surface area (Å²) in [5, 5.41) is 21.0. The van der Waals surface area contributed by atoms with E-state index in [1.165, 1.54) is 6.92 Å². The van der Waals surface area contributed by atoms with Crippen molar-refractivity contribution in [2.24, 2.45) is 0 Å². The van der Waals surface area contributed by atoms with Crippen molar-refractivity contribution in [2.45, 2.75) is 44.8 Å². The second-order valence-corrected chi connectivity index (χ2v) is 6.54. The molecule has 0 bridgehead atoms. The van der Waals surface area contributed by atoms with Gasteiger partial charge in [0.25, 0.3) is 5.91 Å². The van der Waals surface area contributed by atoms with E-state index in [9.17, 15) is 14.7 Å². The van der Waals surface area contributed by atoms with Gasteiger partial charge in [0.05, 0.1) is 6.10 Å². The van der Waals surface area contributed by atoms with Crippen LogP contribution in [0, 0.1) is 0 Å². The number of aryl methyl sites for hydroxylation is 2. The highest BCUT2D eigenvalue weighted by Crippen LogP contribution is 2.10. The lowest BCUT2D eigenvalue weighted by atomic mass is 10.0. The molecule has 0 aliphatic rings. The van der Waals surface area contributed by atoms with Gasteiger partial charge in [-0.2, -0.15) is 0 Å². The van der Waals surface area contributed by atoms with Gasteiger partial charge in [-0.3, -0.25) is 14.6 Å². The number of aliphatic hydroxyl groups excluding tert-OH is 2. The highest BCUT2D eigenvalue weighted by atomic mass is 16.3. The van der Waals surface area contributed by atoms with E-state index >= 15 is 0 Å². The first-order valence-corrected chi connectivity index (χ1v) is 9.12. The maximum atomic E-state index is 12.2. The van der Waals surface area contributed by atoms with Crippen molar-refractivity contribution in [3.8, 4) is 0 Å². The van der Waals surface area contributed by atoms with E-state index in [2.05, 4.69) is 10.3 Å². The van der Waals surface area contributed by atoms with Gasteiger partial charge in [-0.15, -0.1) is 0 Å². The van der Waals surface area contributed by atoms with E-state index < -0.39 is 30.4 Å². The lowest BCUT2D eigenvalue weighted by Gasteiger charge is -2.19. The summed E-state index contributed by atoms with van der Waals surface area (Å²) < 4.78 is 0. The lowest BCUT2D eigenvalue weighted by Crippen LogP contribution is -2.48. The Balaban J connectivity index is 1.83. The number of aromatic nitrogens is 1. The molecule has 0 aliphatic carbocycles. The van der Waals surface area contributed by atoms with Gasteiger partial charge < -0.3 is 15.5 Å². The molecule has 0 fully saturated rings. The number of aliphatic hydroxyl groups is 2. The number of benzene rings is 1.